The Morgan fingerprint density at radius 1 is 1.35 bits per heavy atom. The number of hydrogen-bond acceptors (Lipinski definition) is 3. The summed E-state index contributed by atoms with van der Waals surface area (Å²) < 4.78 is 6.86. The van der Waals surface area contributed by atoms with Crippen molar-refractivity contribution < 1.29 is 4.74 Å². The van der Waals surface area contributed by atoms with Crippen LogP contribution in [0.4, 0.5) is 11.5 Å². The van der Waals surface area contributed by atoms with Crippen molar-refractivity contribution >= 4 is 45.7 Å². The second-order valence-electron chi connectivity index (χ2n) is 3.67. The molecule has 0 amide bonds. The molecule has 3 nitrogen and oxygen atoms in total. The zero-order valence-electron chi connectivity index (χ0n) is 8.71. The monoisotopic (exact) mass is 358 g/mol. The highest BCUT2D eigenvalue weighted by molar-refractivity contribution is 14.1. The van der Waals surface area contributed by atoms with Crippen LogP contribution in [-0.4, -0.2) is 4.98 Å². The second-order valence-corrected chi connectivity index (χ2v) is 5.33. The molecule has 0 fully saturated rings. The smallest absolute Gasteiger partial charge is 0.143 e. The van der Waals surface area contributed by atoms with Crippen molar-refractivity contribution in [3.8, 4) is 5.75 Å². The molecule has 0 saturated carbocycles. The minimum atomic E-state index is 0.433. The summed E-state index contributed by atoms with van der Waals surface area (Å²) in [6.45, 7) is 0.433. The van der Waals surface area contributed by atoms with E-state index in [1.165, 1.54) is 0 Å². The fourth-order valence-corrected chi connectivity index (χ4v) is 2.41. The zero-order valence-corrected chi connectivity index (χ0v) is 11.6. The van der Waals surface area contributed by atoms with E-state index in [9.17, 15) is 0 Å². The number of ether oxygens (including phenoxy) is 1. The first-order chi connectivity index (χ1) is 8.24. The van der Waals surface area contributed by atoms with Crippen LogP contribution in [-0.2, 0) is 6.61 Å². The van der Waals surface area contributed by atoms with Crippen LogP contribution >= 0.6 is 34.2 Å². The van der Waals surface area contributed by atoms with Gasteiger partial charge in [0, 0.05) is 9.77 Å². The highest BCUT2D eigenvalue weighted by atomic mass is 127. The Labute approximate surface area is 117 Å². The number of benzene rings is 1. The van der Waals surface area contributed by atoms with Gasteiger partial charge < -0.3 is 10.1 Å². The SMILES string of the molecule is Clc1ccnc2c1COc1ccc(I)cc1N2. The number of rotatable bonds is 0. The van der Waals surface area contributed by atoms with Crippen molar-refractivity contribution in [2.75, 3.05) is 5.32 Å². The maximum atomic E-state index is 6.13. The van der Waals surface area contributed by atoms with E-state index in [0.717, 1.165) is 26.4 Å². The number of anilines is 2. The van der Waals surface area contributed by atoms with E-state index in [2.05, 4.69) is 32.9 Å². The molecule has 0 aliphatic carbocycles. The lowest BCUT2D eigenvalue weighted by molar-refractivity contribution is 0.310. The third-order valence-corrected chi connectivity index (χ3v) is 3.59. The number of nitrogens with one attached hydrogen (secondary N) is 1. The Hall–Kier alpha value is -1.01. The molecule has 2 aromatic rings. The van der Waals surface area contributed by atoms with E-state index in [-0.39, 0.29) is 0 Å². The molecule has 0 atom stereocenters. The number of hydrogen-bond donors (Lipinski definition) is 1. The van der Waals surface area contributed by atoms with E-state index in [1.54, 1.807) is 12.3 Å². The molecule has 0 unspecified atom stereocenters. The van der Waals surface area contributed by atoms with Gasteiger partial charge in [0.15, 0.2) is 0 Å². The predicted molar refractivity (Wildman–Crippen MR) is 76.0 cm³/mol. The second kappa shape index (κ2) is 4.34. The molecule has 1 aliphatic rings. The van der Waals surface area contributed by atoms with E-state index in [4.69, 9.17) is 16.3 Å². The Kier molecular flexibility index (Phi) is 2.84. The van der Waals surface area contributed by atoms with Gasteiger partial charge in [0.2, 0.25) is 0 Å². The van der Waals surface area contributed by atoms with Crippen molar-refractivity contribution in [2.45, 2.75) is 6.61 Å². The fraction of sp³-hybridized carbons (Fsp3) is 0.0833. The Morgan fingerprint density at radius 3 is 3.12 bits per heavy atom. The van der Waals surface area contributed by atoms with E-state index in [1.807, 2.05) is 18.2 Å². The summed E-state index contributed by atoms with van der Waals surface area (Å²) in [5, 5.41) is 3.93. The maximum absolute atomic E-state index is 6.13. The van der Waals surface area contributed by atoms with Crippen molar-refractivity contribution in [1.82, 2.24) is 4.98 Å². The van der Waals surface area contributed by atoms with Crippen LogP contribution in [0.1, 0.15) is 5.56 Å². The van der Waals surface area contributed by atoms with Gasteiger partial charge in [-0.05, 0) is 46.9 Å². The lowest BCUT2D eigenvalue weighted by atomic mass is 10.2. The summed E-state index contributed by atoms with van der Waals surface area (Å²) >= 11 is 8.39. The third-order valence-electron chi connectivity index (χ3n) is 2.57. The third kappa shape index (κ3) is 2.07. The first kappa shape index (κ1) is 11.1. The first-order valence-electron chi connectivity index (χ1n) is 5.07. The van der Waals surface area contributed by atoms with Crippen LogP contribution in [0, 0.1) is 3.57 Å². The number of halogens is 2. The van der Waals surface area contributed by atoms with Crippen LogP contribution in [0.25, 0.3) is 0 Å². The van der Waals surface area contributed by atoms with E-state index >= 15 is 0 Å². The topological polar surface area (TPSA) is 34.1 Å². The van der Waals surface area contributed by atoms with Crippen molar-refractivity contribution in [3.63, 3.8) is 0 Å². The molecule has 1 aliphatic heterocycles. The summed E-state index contributed by atoms with van der Waals surface area (Å²) in [6, 6.07) is 7.74. The van der Waals surface area contributed by atoms with Crippen LogP contribution in [0.15, 0.2) is 30.5 Å². The molecule has 17 heavy (non-hydrogen) atoms. The van der Waals surface area contributed by atoms with Gasteiger partial charge in [-0.3, -0.25) is 0 Å². The van der Waals surface area contributed by atoms with Gasteiger partial charge in [0.25, 0.3) is 0 Å². The molecule has 0 radical (unpaired) electrons. The van der Waals surface area contributed by atoms with Crippen molar-refractivity contribution in [3.05, 3.63) is 44.6 Å². The number of fused-ring (bicyclic) bond motifs is 2. The molecule has 0 saturated heterocycles. The highest BCUT2D eigenvalue weighted by Gasteiger charge is 2.16. The molecule has 0 bridgehead atoms. The quantitative estimate of drug-likeness (QED) is 0.724. The van der Waals surface area contributed by atoms with Crippen LogP contribution in [0.2, 0.25) is 5.02 Å². The van der Waals surface area contributed by atoms with Gasteiger partial charge in [-0.25, -0.2) is 4.98 Å². The average Bonchev–Trinajstić information content (AvgIpc) is 2.48. The minimum absolute atomic E-state index is 0.433. The summed E-state index contributed by atoms with van der Waals surface area (Å²) in [5.41, 5.74) is 1.81. The molecule has 86 valence electrons. The summed E-state index contributed by atoms with van der Waals surface area (Å²) in [7, 11) is 0. The molecule has 5 heteroatoms. The molecule has 1 N–H and O–H groups in total. The Morgan fingerprint density at radius 2 is 2.24 bits per heavy atom. The molecular formula is C12H8ClIN2O. The van der Waals surface area contributed by atoms with Gasteiger partial charge in [-0.1, -0.05) is 11.6 Å². The van der Waals surface area contributed by atoms with Gasteiger partial charge >= 0.3 is 0 Å². The normalized spacial score (nSPS) is 12.8. The zero-order chi connectivity index (χ0) is 11.8. The summed E-state index contributed by atoms with van der Waals surface area (Å²) in [6.07, 6.45) is 1.69. The number of pyridine rings is 1. The summed E-state index contributed by atoms with van der Waals surface area (Å²) in [5.74, 6) is 1.58. The Balaban J connectivity index is 2.12. The molecule has 3 rings (SSSR count). The molecule has 2 heterocycles. The van der Waals surface area contributed by atoms with Crippen LogP contribution in [0.5, 0.6) is 5.75 Å². The average molecular weight is 359 g/mol. The molecular weight excluding hydrogens is 351 g/mol. The van der Waals surface area contributed by atoms with Crippen LogP contribution < -0.4 is 10.1 Å². The van der Waals surface area contributed by atoms with Crippen LogP contribution in [0.3, 0.4) is 0 Å². The highest BCUT2D eigenvalue weighted by Crippen LogP contribution is 2.35. The number of nitrogens with zero attached hydrogens (tertiary/aromatic N) is 1. The van der Waals surface area contributed by atoms with E-state index < -0.39 is 0 Å². The molecule has 1 aromatic heterocycles. The van der Waals surface area contributed by atoms with Gasteiger partial charge in [-0.2, -0.15) is 0 Å². The van der Waals surface area contributed by atoms with Gasteiger partial charge in [0.1, 0.15) is 18.2 Å². The van der Waals surface area contributed by atoms with Gasteiger partial charge in [0.05, 0.1) is 16.3 Å². The van der Waals surface area contributed by atoms with Crippen molar-refractivity contribution in [2.24, 2.45) is 0 Å². The lowest BCUT2D eigenvalue weighted by Gasteiger charge is -2.07. The fourth-order valence-electron chi connectivity index (χ4n) is 1.72. The van der Waals surface area contributed by atoms with Gasteiger partial charge in [-0.15, -0.1) is 0 Å². The molecule has 1 aromatic carbocycles. The van der Waals surface area contributed by atoms with E-state index in [0.29, 0.717) is 11.6 Å². The molecule has 0 spiro atoms. The summed E-state index contributed by atoms with van der Waals surface area (Å²) in [4.78, 5) is 4.29. The Bertz CT molecular complexity index is 589. The first-order valence-corrected chi connectivity index (χ1v) is 6.52. The largest absolute Gasteiger partial charge is 0.487 e. The minimum Gasteiger partial charge on any atom is -0.487 e. The predicted octanol–water partition coefficient (Wildman–Crippen LogP) is 3.98. The van der Waals surface area contributed by atoms with Crippen molar-refractivity contribution in [1.29, 1.82) is 0 Å². The number of aromatic nitrogens is 1. The lowest BCUT2D eigenvalue weighted by Crippen LogP contribution is -1.97. The standard InChI is InChI=1S/C12H8ClIN2O/c13-9-3-4-15-12-8(9)6-17-11-2-1-7(14)5-10(11)16-12/h1-5H,6H2,(H,15,16). The maximum Gasteiger partial charge on any atom is 0.143 e.